The monoisotopic (exact) mass is 420 g/mol. The molecule has 1 N–H and O–H groups in total. The normalized spacial score (nSPS) is 20.8. The largest absolute Gasteiger partial charge is 0.497 e. The molecular weight excluding hydrogens is 390 g/mol. The highest BCUT2D eigenvalue weighted by atomic mass is 16.6. The first kappa shape index (κ1) is 21.3. The van der Waals surface area contributed by atoms with E-state index >= 15 is 0 Å². The molecule has 0 spiro atoms. The molecule has 0 radical (unpaired) electrons. The molecule has 1 aliphatic rings. The predicted molar refractivity (Wildman–Crippen MR) is 119 cm³/mol. The molecule has 0 aliphatic heterocycles. The Labute approximate surface area is 183 Å². The number of benzene rings is 2. The Kier molecular flexibility index (Phi) is 5.94. The molecule has 0 saturated heterocycles. The molecule has 162 valence electrons. The van der Waals surface area contributed by atoms with E-state index in [2.05, 4.69) is 37.3 Å². The van der Waals surface area contributed by atoms with E-state index in [1.165, 1.54) is 5.56 Å². The van der Waals surface area contributed by atoms with Crippen LogP contribution in [0.1, 0.15) is 42.9 Å². The summed E-state index contributed by atoms with van der Waals surface area (Å²) >= 11 is 0. The predicted octanol–water partition coefficient (Wildman–Crippen LogP) is 4.87. The topological polar surface area (TPSA) is 64.3 Å². The van der Waals surface area contributed by atoms with Crippen molar-refractivity contribution < 1.29 is 19.4 Å². The smallest absolute Gasteiger partial charge is 0.333 e. The molecule has 1 aliphatic carbocycles. The zero-order valence-electron chi connectivity index (χ0n) is 18.4. The average Bonchev–Trinajstić information content (AvgIpc) is 3.25. The summed E-state index contributed by atoms with van der Waals surface area (Å²) in [6, 6.07) is 18.1. The van der Waals surface area contributed by atoms with Crippen LogP contribution in [0.5, 0.6) is 5.75 Å². The molecule has 1 aromatic heterocycles. The van der Waals surface area contributed by atoms with Crippen LogP contribution in [0.2, 0.25) is 0 Å². The van der Waals surface area contributed by atoms with E-state index < -0.39 is 4.65 Å². The van der Waals surface area contributed by atoms with Gasteiger partial charge in [0.2, 0.25) is 0 Å². The van der Waals surface area contributed by atoms with Crippen LogP contribution >= 0.6 is 0 Å². The van der Waals surface area contributed by atoms with Crippen LogP contribution in [0.15, 0.2) is 54.6 Å². The molecule has 1 heterocycles. The molecule has 2 aromatic carbocycles. The number of ether oxygens (including phenoxy) is 1. The highest BCUT2D eigenvalue weighted by Gasteiger charge is 2.42. The maximum absolute atomic E-state index is 11.6. The van der Waals surface area contributed by atoms with E-state index in [0.29, 0.717) is 6.41 Å². The Balaban J connectivity index is 1.82. The number of methoxy groups -OCH3 is 1. The average molecular weight is 421 g/mol. The number of aromatic nitrogens is 2. The summed E-state index contributed by atoms with van der Waals surface area (Å²) in [5, 5.41) is 15.7. The third-order valence-electron chi connectivity index (χ3n) is 6.39. The first-order valence-electron chi connectivity index (χ1n) is 10.8. The molecular formula is C25H30N3O3+. The van der Waals surface area contributed by atoms with Gasteiger partial charge in [-0.1, -0.05) is 36.2 Å². The van der Waals surface area contributed by atoms with E-state index in [0.717, 1.165) is 54.1 Å². The van der Waals surface area contributed by atoms with Crippen molar-refractivity contribution >= 4 is 6.41 Å². The summed E-state index contributed by atoms with van der Waals surface area (Å²) in [4.78, 5) is 11.6. The van der Waals surface area contributed by atoms with Crippen LogP contribution < -0.4 is 4.74 Å². The summed E-state index contributed by atoms with van der Waals surface area (Å²) in [5.74, 6) is 0.803. The molecule has 6 nitrogen and oxygen atoms in total. The molecule has 3 aromatic rings. The molecule has 1 saturated carbocycles. The van der Waals surface area contributed by atoms with Crippen molar-refractivity contribution in [2.75, 3.05) is 14.2 Å². The maximum atomic E-state index is 11.6. The lowest BCUT2D eigenvalue weighted by atomic mass is 9.81. The van der Waals surface area contributed by atoms with Crippen LogP contribution in [0.3, 0.4) is 0 Å². The summed E-state index contributed by atoms with van der Waals surface area (Å²) < 4.78 is 6.63. The molecule has 1 amide bonds. The number of quaternary nitrogens is 1. The fourth-order valence-corrected chi connectivity index (χ4v) is 4.59. The number of carbonyl (C=O) groups excluding carboxylic acids is 1. The fraction of sp³-hybridized carbons (Fsp3) is 0.360. The molecule has 1 fully saturated rings. The van der Waals surface area contributed by atoms with Crippen LogP contribution in [0.4, 0.5) is 0 Å². The van der Waals surface area contributed by atoms with Crippen molar-refractivity contribution in [3.63, 3.8) is 0 Å². The van der Waals surface area contributed by atoms with Gasteiger partial charge in [0.25, 0.3) is 0 Å². The lowest BCUT2D eigenvalue weighted by molar-refractivity contribution is -1.04. The Morgan fingerprint density at radius 3 is 2.42 bits per heavy atom. The highest BCUT2D eigenvalue weighted by molar-refractivity contribution is 5.63. The molecule has 6 heteroatoms. The zero-order valence-corrected chi connectivity index (χ0v) is 18.4. The minimum Gasteiger partial charge on any atom is -0.497 e. The lowest BCUT2D eigenvalue weighted by Crippen LogP contribution is -2.52. The van der Waals surface area contributed by atoms with Gasteiger partial charge in [0.1, 0.15) is 18.8 Å². The third-order valence-corrected chi connectivity index (χ3v) is 6.39. The van der Waals surface area contributed by atoms with E-state index in [1.807, 2.05) is 28.9 Å². The number of carbonyl (C=O) groups is 1. The van der Waals surface area contributed by atoms with Gasteiger partial charge in [-0.2, -0.15) is 5.10 Å². The molecule has 1 unspecified atom stereocenters. The van der Waals surface area contributed by atoms with E-state index in [1.54, 1.807) is 14.2 Å². The summed E-state index contributed by atoms with van der Waals surface area (Å²) in [5.41, 5.74) is 5.11. The number of hydrogen-bond donors (Lipinski definition) is 1. The van der Waals surface area contributed by atoms with Gasteiger partial charge >= 0.3 is 6.41 Å². The maximum Gasteiger partial charge on any atom is 0.333 e. The third kappa shape index (κ3) is 4.27. The van der Waals surface area contributed by atoms with Crippen molar-refractivity contribution in [3.05, 3.63) is 65.9 Å². The fourth-order valence-electron chi connectivity index (χ4n) is 4.59. The second-order valence-corrected chi connectivity index (χ2v) is 8.59. The number of aryl methyl sites for hydroxylation is 1. The van der Waals surface area contributed by atoms with Crippen LogP contribution in [-0.4, -0.2) is 46.2 Å². The second kappa shape index (κ2) is 8.65. The van der Waals surface area contributed by atoms with Gasteiger partial charge < -0.3 is 4.74 Å². The first-order chi connectivity index (χ1) is 14.9. The minimum atomic E-state index is -0.625. The molecule has 31 heavy (non-hydrogen) atoms. The van der Waals surface area contributed by atoms with Gasteiger partial charge in [0, 0.05) is 12.0 Å². The summed E-state index contributed by atoms with van der Waals surface area (Å²) in [6.45, 7) is 2.07. The number of likely N-dealkylation sites (N-methyl/N-ethyl adjacent to an activating group) is 1. The Hall–Kier alpha value is -2.96. The van der Waals surface area contributed by atoms with E-state index in [-0.39, 0.29) is 12.0 Å². The summed E-state index contributed by atoms with van der Waals surface area (Å²) in [7, 11) is 3.22. The zero-order chi connectivity index (χ0) is 22.0. The van der Waals surface area contributed by atoms with Gasteiger partial charge in [-0.15, -0.1) is 4.65 Å². The summed E-state index contributed by atoms with van der Waals surface area (Å²) in [6.07, 6.45) is 4.40. The van der Waals surface area contributed by atoms with E-state index in [9.17, 15) is 10.0 Å². The van der Waals surface area contributed by atoms with Gasteiger partial charge in [-0.3, -0.25) is 0 Å². The quantitative estimate of drug-likeness (QED) is 0.267. The Morgan fingerprint density at radius 1 is 1.10 bits per heavy atom. The van der Waals surface area contributed by atoms with Crippen LogP contribution in [-0.2, 0) is 4.79 Å². The van der Waals surface area contributed by atoms with Crippen molar-refractivity contribution in [2.45, 2.75) is 44.6 Å². The lowest BCUT2D eigenvalue weighted by Gasteiger charge is -2.36. The van der Waals surface area contributed by atoms with Crippen molar-refractivity contribution in [2.24, 2.45) is 0 Å². The number of amides is 1. The minimum absolute atomic E-state index is 0.0117. The Morgan fingerprint density at radius 2 is 1.77 bits per heavy atom. The van der Waals surface area contributed by atoms with Crippen molar-refractivity contribution in [1.29, 1.82) is 0 Å². The SMILES string of the molecule is COc1ccc(-n2nc([C@H]3CCCC[C@H]3[N+](C)(O)C=O)cc2-c2ccc(C)cc2)cc1. The van der Waals surface area contributed by atoms with Gasteiger partial charge in [-0.05, 0) is 50.1 Å². The van der Waals surface area contributed by atoms with Crippen LogP contribution in [0.25, 0.3) is 16.9 Å². The molecule has 4 rings (SSSR count). The molecule has 0 bridgehead atoms. The first-order valence-corrected chi connectivity index (χ1v) is 10.8. The van der Waals surface area contributed by atoms with Gasteiger partial charge in [-0.25, -0.2) is 14.7 Å². The van der Waals surface area contributed by atoms with Gasteiger partial charge in [0.05, 0.1) is 30.1 Å². The molecule has 3 atom stereocenters. The van der Waals surface area contributed by atoms with Crippen molar-refractivity contribution in [1.82, 2.24) is 9.78 Å². The number of nitrogens with zero attached hydrogens (tertiary/aromatic N) is 3. The second-order valence-electron chi connectivity index (χ2n) is 8.59. The Bertz CT molecular complexity index is 1040. The highest BCUT2D eigenvalue weighted by Crippen LogP contribution is 2.39. The number of hydrogen-bond acceptors (Lipinski definition) is 4. The van der Waals surface area contributed by atoms with Crippen molar-refractivity contribution in [3.8, 4) is 22.7 Å². The van der Waals surface area contributed by atoms with Gasteiger partial charge in [0.15, 0.2) is 0 Å². The standard InChI is InChI=1S/C25H30N3O3/c1-18-8-10-19(11-9-18)24-16-23(22-6-4-5-7-25(22)28(2,30)17-29)26-27(24)20-12-14-21(31-3)15-13-20/h8-17,22,25,30H,4-7H2,1-3H3/q+1/t22-,25-,28?/m1/s1. The van der Waals surface area contributed by atoms with Crippen LogP contribution in [0, 0.1) is 6.92 Å². The number of rotatable bonds is 6. The van der Waals surface area contributed by atoms with E-state index in [4.69, 9.17) is 9.84 Å². The number of hydroxylamine groups is 3.